The number of hydrogen-bond acceptors (Lipinski definition) is 4. The van der Waals surface area contributed by atoms with Gasteiger partial charge in [0.25, 0.3) is 0 Å². The van der Waals surface area contributed by atoms with E-state index in [1.165, 1.54) is 0 Å². The van der Waals surface area contributed by atoms with Crippen molar-refractivity contribution in [3.63, 3.8) is 0 Å². The molecule has 4 rings (SSSR count). The van der Waals surface area contributed by atoms with Gasteiger partial charge in [0.1, 0.15) is 0 Å². The van der Waals surface area contributed by atoms with E-state index in [1.54, 1.807) is 7.11 Å². The van der Waals surface area contributed by atoms with Crippen molar-refractivity contribution in [2.45, 2.75) is 50.3 Å². The number of methoxy groups -OCH3 is 1. The summed E-state index contributed by atoms with van der Waals surface area (Å²) in [6, 6.07) is 6.46. The molecule has 0 aliphatic carbocycles. The Morgan fingerprint density at radius 3 is 2.68 bits per heavy atom. The Kier molecular flexibility index (Phi) is 3.45. The molecule has 0 aromatic heterocycles. The van der Waals surface area contributed by atoms with Gasteiger partial charge in [-0.05, 0) is 43.4 Å². The fraction of sp³-hybridized carbons (Fsp3) is 0.588. The predicted molar refractivity (Wildman–Crippen MR) is 80.0 cm³/mol. The van der Waals surface area contributed by atoms with E-state index in [4.69, 9.17) is 14.2 Å². The lowest BCUT2D eigenvalue weighted by Gasteiger charge is -2.38. The summed E-state index contributed by atoms with van der Waals surface area (Å²) in [4.78, 5) is 14.8. The smallest absolute Gasteiger partial charge is 0.231 e. The topological polar surface area (TPSA) is 48.0 Å². The number of hydrogen-bond donors (Lipinski definition) is 0. The van der Waals surface area contributed by atoms with Crippen molar-refractivity contribution in [1.82, 2.24) is 4.90 Å². The second-order valence-corrected chi connectivity index (χ2v) is 6.38. The van der Waals surface area contributed by atoms with Crippen molar-refractivity contribution in [2.24, 2.45) is 0 Å². The number of ether oxygens (including phenoxy) is 3. The summed E-state index contributed by atoms with van der Waals surface area (Å²) in [7, 11) is 1.77. The molecule has 2 bridgehead atoms. The van der Waals surface area contributed by atoms with Crippen molar-refractivity contribution in [2.75, 3.05) is 13.9 Å². The molecule has 118 valence electrons. The Morgan fingerprint density at radius 2 is 1.95 bits per heavy atom. The van der Waals surface area contributed by atoms with Crippen LogP contribution in [0.25, 0.3) is 0 Å². The summed E-state index contributed by atoms with van der Waals surface area (Å²) >= 11 is 0. The molecule has 1 aromatic rings. The number of carbonyl (C=O) groups excluding carboxylic acids is 1. The Bertz CT molecular complexity index is 574. The Labute approximate surface area is 130 Å². The van der Waals surface area contributed by atoms with Crippen LogP contribution in [-0.2, 0) is 16.0 Å². The third-order valence-corrected chi connectivity index (χ3v) is 5.10. The maximum absolute atomic E-state index is 12.7. The molecule has 2 atom stereocenters. The molecule has 0 saturated carbocycles. The van der Waals surface area contributed by atoms with E-state index in [0.717, 1.165) is 42.7 Å². The maximum Gasteiger partial charge on any atom is 0.231 e. The van der Waals surface area contributed by atoms with Crippen LogP contribution < -0.4 is 9.47 Å². The lowest BCUT2D eigenvalue weighted by atomic mass is 9.98. The fourth-order valence-electron chi connectivity index (χ4n) is 4.04. The van der Waals surface area contributed by atoms with Crippen LogP contribution >= 0.6 is 0 Å². The summed E-state index contributed by atoms with van der Waals surface area (Å²) in [6.07, 6.45) is 4.91. The number of fused-ring (bicyclic) bond motifs is 3. The summed E-state index contributed by atoms with van der Waals surface area (Å²) in [5, 5.41) is 0. The van der Waals surface area contributed by atoms with Crippen LogP contribution in [0.2, 0.25) is 0 Å². The molecule has 0 radical (unpaired) electrons. The molecular formula is C17H21NO4. The maximum atomic E-state index is 12.7. The second kappa shape index (κ2) is 5.47. The largest absolute Gasteiger partial charge is 0.454 e. The fourth-order valence-corrected chi connectivity index (χ4v) is 4.04. The van der Waals surface area contributed by atoms with Gasteiger partial charge in [0, 0.05) is 19.2 Å². The summed E-state index contributed by atoms with van der Waals surface area (Å²) in [5.41, 5.74) is 0.988. The normalized spacial score (nSPS) is 29.0. The van der Waals surface area contributed by atoms with Crippen LogP contribution in [0.1, 0.15) is 31.2 Å². The Balaban J connectivity index is 1.47. The number of benzene rings is 1. The number of carbonyl (C=O) groups is 1. The van der Waals surface area contributed by atoms with Crippen LogP contribution in [0.4, 0.5) is 0 Å². The van der Waals surface area contributed by atoms with Crippen LogP contribution in [0, 0.1) is 0 Å². The zero-order valence-corrected chi connectivity index (χ0v) is 12.8. The first-order chi connectivity index (χ1) is 10.7. The van der Waals surface area contributed by atoms with Crippen molar-refractivity contribution in [3.8, 4) is 11.5 Å². The molecule has 3 aliphatic heterocycles. The minimum atomic E-state index is 0.223. The van der Waals surface area contributed by atoms with E-state index in [-0.39, 0.29) is 12.7 Å². The highest BCUT2D eigenvalue weighted by Crippen LogP contribution is 2.38. The van der Waals surface area contributed by atoms with E-state index in [9.17, 15) is 4.79 Å². The molecule has 3 heterocycles. The van der Waals surface area contributed by atoms with Crippen molar-refractivity contribution in [1.29, 1.82) is 0 Å². The highest BCUT2D eigenvalue weighted by Gasteiger charge is 2.43. The molecule has 2 unspecified atom stereocenters. The van der Waals surface area contributed by atoms with E-state index in [1.807, 2.05) is 18.2 Å². The quantitative estimate of drug-likeness (QED) is 0.858. The van der Waals surface area contributed by atoms with Gasteiger partial charge in [-0.15, -0.1) is 0 Å². The molecule has 22 heavy (non-hydrogen) atoms. The zero-order chi connectivity index (χ0) is 15.1. The lowest BCUT2D eigenvalue weighted by Crippen LogP contribution is -2.48. The van der Waals surface area contributed by atoms with Gasteiger partial charge in [-0.1, -0.05) is 6.07 Å². The number of nitrogens with zero attached hydrogens (tertiary/aromatic N) is 1. The molecular weight excluding hydrogens is 282 g/mol. The van der Waals surface area contributed by atoms with Gasteiger partial charge in [-0.2, -0.15) is 0 Å². The highest BCUT2D eigenvalue weighted by atomic mass is 16.7. The van der Waals surface area contributed by atoms with Crippen molar-refractivity contribution < 1.29 is 19.0 Å². The van der Waals surface area contributed by atoms with Gasteiger partial charge >= 0.3 is 0 Å². The molecule has 1 amide bonds. The van der Waals surface area contributed by atoms with Crippen molar-refractivity contribution in [3.05, 3.63) is 23.8 Å². The molecule has 2 saturated heterocycles. The lowest BCUT2D eigenvalue weighted by molar-refractivity contribution is -0.137. The standard InChI is InChI=1S/C17H21NO4/c1-20-14-8-12-3-4-13(9-14)18(12)17(19)7-11-2-5-15-16(6-11)22-10-21-15/h2,5-6,12-14H,3-4,7-10H2,1H3. The molecule has 1 aromatic carbocycles. The first kappa shape index (κ1) is 13.9. The Hall–Kier alpha value is -1.75. The predicted octanol–water partition coefficient (Wildman–Crippen LogP) is 2.13. The number of piperidine rings is 1. The Morgan fingerprint density at radius 1 is 1.23 bits per heavy atom. The van der Waals surface area contributed by atoms with Gasteiger partial charge in [0.05, 0.1) is 12.5 Å². The van der Waals surface area contributed by atoms with Gasteiger partial charge in [0.2, 0.25) is 12.7 Å². The van der Waals surface area contributed by atoms with Crippen LogP contribution in [0.3, 0.4) is 0 Å². The van der Waals surface area contributed by atoms with Gasteiger partial charge in [-0.3, -0.25) is 4.79 Å². The molecule has 5 heteroatoms. The number of rotatable bonds is 3. The van der Waals surface area contributed by atoms with Gasteiger partial charge in [-0.25, -0.2) is 0 Å². The zero-order valence-electron chi connectivity index (χ0n) is 12.8. The molecule has 0 spiro atoms. The van der Waals surface area contributed by atoms with Crippen molar-refractivity contribution >= 4 is 5.91 Å². The first-order valence-electron chi connectivity index (χ1n) is 7.97. The third kappa shape index (κ3) is 2.33. The second-order valence-electron chi connectivity index (χ2n) is 6.38. The summed E-state index contributed by atoms with van der Waals surface area (Å²) in [6.45, 7) is 0.265. The SMILES string of the molecule is COC1CC2CCC(C1)N2C(=O)Cc1ccc2c(c1)OCO2. The monoisotopic (exact) mass is 303 g/mol. The molecule has 0 N–H and O–H groups in total. The summed E-state index contributed by atoms with van der Waals surface area (Å²) < 4.78 is 16.2. The van der Waals surface area contributed by atoms with E-state index < -0.39 is 0 Å². The van der Waals surface area contributed by atoms with Gasteiger partial charge in [0.15, 0.2) is 11.5 Å². The highest BCUT2D eigenvalue weighted by molar-refractivity contribution is 5.80. The molecule has 3 aliphatic rings. The minimum absolute atomic E-state index is 0.223. The van der Waals surface area contributed by atoms with E-state index >= 15 is 0 Å². The first-order valence-corrected chi connectivity index (χ1v) is 7.97. The van der Waals surface area contributed by atoms with E-state index in [0.29, 0.717) is 24.6 Å². The average molecular weight is 303 g/mol. The average Bonchev–Trinajstić information content (AvgIpc) is 3.09. The van der Waals surface area contributed by atoms with E-state index in [2.05, 4.69) is 4.90 Å². The van der Waals surface area contributed by atoms with Gasteiger partial charge < -0.3 is 19.1 Å². The van der Waals surface area contributed by atoms with Crippen LogP contribution in [0.15, 0.2) is 18.2 Å². The van der Waals surface area contributed by atoms with Crippen LogP contribution in [-0.4, -0.2) is 42.9 Å². The number of amides is 1. The molecule has 5 nitrogen and oxygen atoms in total. The minimum Gasteiger partial charge on any atom is -0.454 e. The van der Waals surface area contributed by atoms with Crippen LogP contribution in [0.5, 0.6) is 11.5 Å². The molecule has 2 fully saturated rings. The third-order valence-electron chi connectivity index (χ3n) is 5.10. The summed E-state index contributed by atoms with van der Waals surface area (Å²) in [5.74, 6) is 1.73.